The SMILES string of the molecule is CCCC12CCCC1(C)C2. The zero-order valence-electron chi connectivity index (χ0n) is 7.24. The minimum atomic E-state index is 0.809. The fourth-order valence-electron chi connectivity index (χ4n) is 3.26. The second-order valence-electron chi connectivity index (χ2n) is 4.62. The monoisotopic (exact) mass is 138 g/mol. The van der Waals surface area contributed by atoms with Crippen LogP contribution in [0.25, 0.3) is 0 Å². The van der Waals surface area contributed by atoms with E-state index >= 15 is 0 Å². The van der Waals surface area contributed by atoms with E-state index in [4.69, 9.17) is 0 Å². The van der Waals surface area contributed by atoms with Gasteiger partial charge in [-0.15, -0.1) is 0 Å². The topological polar surface area (TPSA) is 0 Å². The molecule has 0 aromatic carbocycles. The average Bonchev–Trinajstić information content (AvgIpc) is 2.28. The summed E-state index contributed by atoms with van der Waals surface area (Å²) >= 11 is 0. The Balaban J connectivity index is 2.06. The summed E-state index contributed by atoms with van der Waals surface area (Å²) in [5, 5.41) is 0. The van der Waals surface area contributed by atoms with Crippen molar-refractivity contribution in [2.75, 3.05) is 0 Å². The molecule has 0 heterocycles. The maximum atomic E-state index is 2.50. The molecule has 2 rings (SSSR count). The highest BCUT2D eigenvalue weighted by Gasteiger charge is 2.65. The number of hydrogen-bond donors (Lipinski definition) is 0. The van der Waals surface area contributed by atoms with Crippen molar-refractivity contribution in [1.29, 1.82) is 0 Å². The number of hydrogen-bond acceptors (Lipinski definition) is 0. The van der Waals surface area contributed by atoms with E-state index in [1.807, 2.05) is 0 Å². The quantitative estimate of drug-likeness (QED) is 0.549. The van der Waals surface area contributed by atoms with Crippen molar-refractivity contribution in [1.82, 2.24) is 0 Å². The van der Waals surface area contributed by atoms with Gasteiger partial charge in [-0.2, -0.15) is 0 Å². The molecule has 2 unspecified atom stereocenters. The highest BCUT2D eigenvalue weighted by atomic mass is 14.7. The molecule has 0 aromatic rings. The second-order valence-corrected chi connectivity index (χ2v) is 4.62. The molecule has 0 saturated heterocycles. The van der Waals surface area contributed by atoms with Crippen LogP contribution < -0.4 is 0 Å². The van der Waals surface area contributed by atoms with Crippen LogP contribution in [0.4, 0.5) is 0 Å². The number of fused-ring (bicyclic) bond motifs is 1. The molecule has 2 aliphatic carbocycles. The van der Waals surface area contributed by atoms with E-state index in [2.05, 4.69) is 13.8 Å². The van der Waals surface area contributed by atoms with Crippen LogP contribution in [-0.4, -0.2) is 0 Å². The van der Waals surface area contributed by atoms with E-state index < -0.39 is 0 Å². The lowest BCUT2D eigenvalue weighted by Gasteiger charge is -2.12. The largest absolute Gasteiger partial charge is 0.0654 e. The van der Waals surface area contributed by atoms with E-state index in [0.717, 1.165) is 10.8 Å². The van der Waals surface area contributed by atoms with Crippen LogP contribution in [0, 0.1) is 10.8 Å². The zero-order valence-corrected chi connectivity index (χ0v) is 7.24. The van der Waals surface area contributed by atoms with Gasteiger partial charge in [-0.3, -0.25) is 0 Å². The molecule has 0 bridgehead atoms. The predicted molar refractivity (Wildman–Crippen MR) is 43.9 cm³/mol. The van der Waals surface area contributed by atoms with Gasteiger partial charge >= 0.3 is 0 Å². The zero-order chi connectivity index (χ0) is 7.24. The summed E-state index contributed by atoms with van der Waals surface area (Å²) in [5.41, 5.74) is 1.66. The first kappa shape index (κ1) is 6.69. The molecule has 2 aliphatic rings. The highest BCUT2D eigenvalue weighted by Crippen LogP contribution is 2.75. The third-order valence-electron chi connectivity index (χ3n) is 4.00. The fraction of sp³-hybridized carbons (Fsp3) is 1.00. The van der Waals surface area contributed by atoms with Crippen molar-refractivity contribution in [3.05, 3.63) is 0 Å². The molecule has 0 spiro atoms. The van der Waals surface area contributed by atoms with Gasteiger partial charge in [0.25, 0.3) is 0 Å². The van der Waals surface area contributed by atoms with Crippen LogP contribution in [0.15, 0.2) is 0 Å². The molecule has 2 fully saturated rings. The summed E-state index contributed by atoms with van der Waals surface area (Å²) in [5.74, 6) is 0. The predicted octanol–water partition coefficient (Wildman–Crippen LogP) is 3.37. The van der Waals surface area contributed by atoms with E-state index in [1.165, 1.54) is 32.1 Å². The first-order chi connectivity index (χ1) is 4.72. The van der Waals surface area contributed by atoms with Gasteiger partial charge in [0, 0.05) is 0 Å². The third-order valence-corrected chi connectivity index (χ3v) is 4.00. The van der Waals surface area contributed by atoms with Crippen LogP contribution >= 0.6 is 0 Å². The van der Waals surface area contributed by atoms with Gasteiger partial charge in [-0.05, 0) is 36.5 Å². The maximum absolute atomic E-state index is 2.50. The summed E-state index contributed by atoms with van der Waals surface area (Å²) in [4.78, 5) is 0. The van der Waals surface area contributed by atoms with Gasteiger partial charge < -0.3 is 0 Å². The summed E-state index contributed by atoms with van der Waals surface area (Å²) in [6.07, 6.45) is 9.02. The van der Waals surface area contributed by atoms with Crippen LogP contribution in [0.1, 0.15) is 52.4 Å². The molecule has 0 nitrogen and oxygen atoms in total. The van der Waals surface area contributed by atoms with Crippen LogP contribution in [0.3, 0.4) is 0 Å². The summed E-state index contributed by atoms with van der Waals surface area (Å²) in [6, 6.07) is 0. The van der Waals surface area contributed by atoms with Gasteiger partial charge in [-0.25, -0.2) is 0 Å². The van der Waals surface area contributed by atoms with Crippen LogP contribution in [0.5, 0.6) is 0 Å². The van der Waals surface area contributed by atoms with Gasteiger partial charge in [0.1, 0.15) is 0 Å². The molecule has 2 atom stereocenters. The molecule has 0 heteroatoms. The van der Waals surface area contributed by atoms with Gasteiger partial charge in [0.05, 0.1) is 0 Å². The Hall–Kier alpha value is 0. The van der Waals surface area contributed by atoms with E-state index in [0.29, 0.717) is 0 Å². The average molecular weight is 138 g/mol. The molecule has 0 amide bonds. The first-order valence-corrected chi connectivity index (χ1v) is 4.72. The molecule has 0 aromatic heterocycles. The molecule has 0 radical (unpaired) electrons. The first-order valence-electron chi connectivity index (χ1n) is 4.72. The number of rotatable bonds is 2. The molecule has 0 aliphatic heterocycles. The second kappa shape index (κ2) is 1.78. The van der Waals surface area contributed by atoms with Crippen molar-refractivity contribution in [3.63, 3.8) is 0 Å². The molecule has 2 saturated carbocycles. The molecular weight excluding hydrogens is 120 g/mol. The Morgan fingerprint density at radius 1 is 1.30 bits per heavy atom. The Kier molecular flexibility index (Phi) is 1.19. The van der Waals surface area contributed by atoms with Gasteiger partial charge in [-0.1, -0.05) is 26.7 Å². The Morgan fingerprint density at radius 3 is 2.50 bits per heavy atom. The Bertz CT molecular complexity index is 146. The third kappa shape index (κ3) is 0.627. The Labute approximate surface area is 64.0 Å². The highest BCUT2D eigenvalue weighted by molar-refractivity contribution is 5.14. The Morgan fingerprint density at radius 2 is 2.10 bits per heavy atom. The minimum Gasteiger partial charge on any atom is -0.0654 e. The van der Waals surface area contributed by atoms with Gasteiger partial charge in [0.2, 0.25) is 0 Å². The molecule has 58 valence electrons. The van der Waals surface area contributed by atoms with Crippen molar-refractivity contribution in [2.24, 2.45) is 10.8 Å². The van der Waals surface area contributed by atoms with Crippen molar-refractivity contribution < 1.29 is 0 Å². The molecular formula is C10H18. The smallest absolute Gasteiger partial charge is 0.0238 e. The lowest BCUT2D eigenvalue weighted by molar-refractivity contribution is 0.384. The summed E-state index contributed by atoms with van der Waals surface area (Å²) < 4.78 is 0. The van der Waals surface area contributed by atoms with Crippen LogP contribution in [-0.2, 0) is 0 Å². The lowest BCUT2D eigenvalue weighted by atomic mass is 9.93. The lowest BCUT2D eigenvalue weighted by Crippen LogP contribution is -2.02. The van der Waals surface area contributed by atoms with E-state index in [1.54, 1.807) is 6.42 Å². The molecule has 10 heavy (non-hydrogen) atoms. The van der Waals surface area contributed by atoms with E-state index in [9.17, 15) is 0 Å². The maximum Gasteiger partial charge on any atom is -0.0238 e. The molecule has 0 N–H and O–H groups in total. The van der Waals surface area contributed by atoms with Crippen LogP contribution in [0.2, 0.25) is 0 Å². The minimum absolute atomic E-state index is 0.809. The van der Waals surface area contributed by atoms with Crippen molar-refractivity contribution in [3.8, 4) is 0 Å². The van der Waals surface area contributed by atoms with E-state index in [-0.39, 0.29) is 0 Å². The normalized spacial score (nSPS) is 51.0. The summed E-state index contributed by atoms with van der Waals surface area (Å²) in [7, 11) is 0. The van der Waals surface area contributed by atoms with Crippen molar-refractivity contribution >= 4 is 0 Å². The standard InChI is InChI=1S/C10H18/c1-3-5-10-7-4-6-9(10,2)8-10/h3-8H2,1-2H3. The fourth-order valence-corrected chi connectivity index (χ4v) is 3.26. The van der Waals surface area contributed by atoms with Gasteiger partial charge in [0.15, 0.2) is 0 Å². The summed E-state index contributed by atoms with van der Waals surface area (Å²) in [6.45, 7) is 4.82. The van der Waals surface area contributed by atoms with Crippen molar-refractivity contribution in [2.45, 2.75) is 52.4 Å².